The third kappa shape index (κ3) is 3.07. The molecule has 1 aromatic rings. The van der Waals surface area contributed by atoms with E-state index >= 15 is 0 Å². The lowest BCUT2D eigenvalue weighted by Crippen LogP contribution is -2.24. The number of nitriles is 1. The number of anilines is 1. The van der Waals surface area contributed by atoms with Crippen molar-refractivity contribution in [2.24, 2.45) is 5.92 Å². The normalized spacial score (nSPS) is 16.2. The van der Waals surface area contributed by atoms with Gasteiger partial charge in [-0.3, -0.25) is 4.79 Å². The molecule has 1 fully saturated rings. The van der Waals surface area contributed by atoms with Crippen LogP contribution in [0.1, 0.15) is 37.7 Å². The van der Waals surface area contributed by atoms with Gasteiger partial charge in [-0.2, -0.15) is 5.26 Å². The van der Waals surface area contributed by atoms with Crippen LogP contribution >= 0.6 is 0 Å². The monoisotopic (exact) mass is 228 g/mol. The van der Waals surface area contributed by atoms with Gasteiger partial charge in [0.25, 0.3) is 0 Å². The largest absolute Gasteiger partial charge is 0.326 e. The molecule has 1 amide bonds. The highest BCUT2D eigenvalue weighted by Gasteiger charge is 2.20. The van der Waals surface area contributed by atoms with Crippen molar-refractivity contribution in [3.05, 3.63) is 29.8 Å². The summed E-state index contributed by atoms with van der Waals surface area (Å²) in [4.78, 5) is 12.0. The van der Waals surface area contributed by atoms with Crippen LogP contribution in [0.25, 0.3) is 0 Å². The summed E-state index contributed by atoms with van der Waals surface area (Å²) < 4.78 is 0. The fraction of sp³-hybridized carbons (Fsp3) is 0.429. The third-order valence-electron chi connectivity index (χ3n) is 3.24. The van der Waals surface area contributed by atoms with Crippen LogP contribution in [0.2, 0.25) is 0 Å². The smallest absolute Gasteiger partial charge is 0.227 e. The summed E-state index contributed by atoms with van der Waals surface area (Å²) >= 11 is 0. The quantitative estimate of drug-likeness (QED) is 0.845. The minimum Gasteiger partial charge on any atom is -0.326 e. The van der Waals surface area contributed by atoms with E-state index < -0.39 is 0 Å². The van der Waals surface area contributed by atoms with Crippen molar-refractivity contribution in [1.29, 1.82) is 5.26 Å². The molecule has 3 heteroatoms. The summed E-state index contributed by atoms with van der Waals surface area (Å²) in [7, 11) is 0. The first-order chi connectivity index (χ1) is 8.29. The van der Waals surface area contributed by atoms with Crippen molar-refractivity contribution in [2.45, 2.75) is 32.1 Å². The van der Waals surface area contributed by atoms with E-state index in [2.05, 4.69) is 11.4 Å². The van der Waals surface area contributed by atoms with Gasteiger partial charge in [0, 0.05) is 11.6 Å². The molecule has 0 heterocycles. The predicted molar refractivity (Wildman–Crippen MR) is 66.4 cm³/mol. The topological polar surface area (TPSA) is 52.9 Å². The first kappa shape index (κ1) is 11.7. The Labute approximate surface area is 101 Å². The van der Waals surface area contributed by atoms with E-state index in [1.54, 1.807) is 18.2 Å². The maximum atomic E-state index is 12.0. The summed E-state index contributed by atoms with van der Waals surface area (Å²) in [5.41, 5.74) is 1.30. The average molecular weight is 228 g/mol. The number of rotatable bonds is 2. The second-order valence-electron chi connectivity index (χ2n) is 4.52. The number of carbonyl (C=O) groups excluding carboxylic acids is 1. The van der Waals surface area contributed by atoms with Crippen LogP contribution < -0.4 is 5.32 Å². The molecule has 0 spiro atoms. The molecule has 1 saturated carbocycles. The van der Waals surface area contributed by atoms with Gasteiger partial charge >= 0.3 is 0 Å². The van der Waals surface area contributed by atoms with E-state index in [-0.39, 0.29) is 11.8 Å². The molecule has 2 rings (SSSR count). The van der Waals surface area contributed by atoms with Crippen molar-refractivity contribution in [1.82, 2.24) is 0 Å². The molecular weight excluding hydrogens is 212 g/mol. The van der Waals surface area contributed by atoms with Gasteiger partial charge in [-0.05, 0) is 31.0 Å². The van der Waals surface area contributed by atoms with Gasteiger partial charge in [0.2, 0.25) is 5.91 Å². The number of benzene rings is 1. The van der Waals surface area contributed by atoms with Gasteiger partial charge in [-0.25, -0.2) is 0 Å². The zero-order valence-electron chi connectivity index (χ0n) is 9.78. The van der Waals surface area contributed by atoms with Crippen LogP contribution in [0, 0.1) is 17.2 Å². The molecule has 0 radical (unpaired) electrons. The lowest BCUT2D eigenvalue weighted by Gasteiger charge is -2.20. The molecule has 1 aliphatic carbocycles. The Morgan fingerprint density at radius 2 is 2.06 bits per heavy atom. The van der Waals surface area contributed by atoms with Gasteiger partial charge in [0.05, 0.1) is 11.6 Å². The second-order valence-corrected chi connectivity index (χ2v) is 4.52. The highest BCUT2D eigenvalue weighted by molar-refractivity contribution is 5.92. The van der Waals surface area contributed by atoms with Crippen molar-refractivity contribution in [3.63, 3.8) is 0 Å². The first-order valence-corrected chi connectivity index (χ1v) is 6.10. The van der Waals surface area contributed by atoms with Crippen molar-refractivity contribution >= 4 is 11.6 Å². The SMILES string of the molecule is N#Cc1cccc(NC(=O)C2CCCCC2)c1. The lowest BCUT2D eigenvalue weighted by atomic mass is 9.88. The maximum Gasteiger partial charge on any atom is 0.227 e. The summed E-state index contributed by atoms with van der Waals surface area (Å²) in [6.07, 6.45) is 5.52. The molecule has 0 bridgehead atoms. The molecule has 0 atom stereocenters. The molecule has 0 saturated heterocycles. The van der Waals surface area contributed by atoms with E-state index in [9.17, 15) is 4.79 Å². The Morgan fingerprint density at radius 3 is 2.76 bits per heavy atom. The third-order valence-corrected chi connectivity index (χ3v) is 3.24. The molecule has 1 aliphatic rings. The Morgan fingerprint density at radius 1 is 1.29 bits per heavy atom. The Bertz CT molecular complexity index is 442. The van der Waals surface area contributed by atoms with E-state index in [0.717, 1.165) is 31.4 Å². The van der Waals surface area contributed by atoms with Crippen molar-refractivity contribution in [3.8, 4) is 6.07 Å². The molecular formula is C14H16N2O. The number of hydrogen-bond donors (Lipinski definition) is 1. The van der Waals surface area contributed by atoms with Gasteiger partial charge in [-0.15, -0.1) is 0 Å². The molecule has 88 valence electrons. The second kappa shape index (κ2) is 5.49. The Kier molecular flexibility index (Phi) is 3.77. The van der Waals surface area contributed by atoms with Gasteiger partial charge < -0.3 is 5.32 Å². The Balaban J connectivity index is 1.99. The van der Waals surface area contributed by atoms with Crippen LogP contribution in [0.15, 0.2) is 24.3 Å². The predicted octanol–water partition coefficient (Wildman–Crippen LogP) is 3.08. The van der Waals surface area contributed by atoms with Crippen molar-refractivity contribution < 1.29 is 4.79 Å². The average Bonchev–Trinajstić information content (AvgIpc) is 2.40. The van der Waals surface area contributed by atoms with Crippen LogP contribution in [-0.2, 0) is 4.79 Å². The van der Waals surface area contributed by atoms with E-state index in [4.69, 9.17) is 5.26 Å². The number of hydrogen-bond acceptors (Lipinski definition) is 2. The van der Waals surface area contributed by atoms with Gasteiger partial charge in [0.1, 0.15) is 0 Å². The summed E-state index contributed by atoms with van der Waals surface area (Å²) in [6, 6.07) is 9.12. The molecule has 17 heavy (non-hydrogen) atoms. The first-order valence-electron chi connectivity index (χ1n) is 6.10. The number of carbonyl (C=O) groups is 1. The minimum absolute atomic E-state index is 0.0970. The van der Waals surface area contributed by atoms with Crippen LogP contribution in [0.3, 0.4) is 0 Å². The molecule has 1 aromatic carbocycles. The summed E-state index contributed by atoms with van der Waals surface area (Å²) in [5.74, 6) is 0.245. The van der Waals surface area contributed by atoms with Gasteiger partial charge in [0.15, 0.2) is 0 Å². The summed E-state index contributed by atoms with van der Waals surface area (Å²) in [6.45, 7) is 0. The highest BCUT2D eigenvalue weighted by Crippen LogP contribution is 2.25. The number of amides is 1. The van der Waals surface area contributed by atoms with Crippen LogP contribution in [0.4, 0.5) is 5.69 Å². The van der Waals surface area contributed by atoms with Crippen molar-refractivity contribution in [2.75, 3.05) is 5.32 Å². The van der Waals surface area contributed by atoms with Crippen LogP contribution in [0.5, 0.6) is 0 Å². The van der Waals surface area contributed by atoms with E-state index in [1.165, 1.54) is 6.42 Å². The highest BCUT2D eigenvalue weighted by atomic mass is 16.1. The molecule has 3 nitrogen and oxygen atoms in total. The molecule has 0 aliphatic heterocycles. The van der Waals surface area contributed by atoms with E-state index in [0.29, 0.717) is 5.56 Å². The molecule has 1 N–H and O–H groups in total. The van der Waals surface area contributed by atoms with Gasteiger partial charge in [-0.1, -0.05) is 25.3 Å². The zero-order chi connectivity index (χ0) is 12.1. The fourth-order valence-corrected chi connectivity index (χ4v) is 2.28. The lowest BCUT2D eigenvalue weighted by molar-refractivity contribution is -0.120. The molecule has 0 aromatic heterocycles. The molecule has 0 unspecified atom stereocenters. The minimum atomic E-state index is 0.0970. The zero-order valence-corrected chi connectivity index (χ0v) is 9.78. The number of nitrogens with one attached hydrogen (secondary N) is 1. The van der Waals surface area contributed by atoms with Crippen LogP contribution in [-0.4, -0.2) is 5.91 Å². The van der Waals surface area contributed by atoms with E-state index in [1.807, 2.05) is 6.07 Å². The summed E-state index contributed by atoms with van der Waals surface area (Å²) in [5, 5.41) is 11.7. The standard InChI is InChI=1S/C14H16N2O/c15-10-11-5-4-8-13(9-11)16-14(17)12-6-2-1-3-7-12/h4-5,8-9,12H,1-3,6-7H2,(H,16,17). The number of nitrogens with zero attached hydrogens (tertiary/aromatic N) is 1. The Hall–Kier alpha value is -1.82. The fourth-order valence-electron chi connectivity index (χ4n) is 2.28. The maximum absolute atomic E-state index is 12.0.